The molecule has 3 rings (SSSR count). The molecule has 0 aliphatic heterocycles. The number of hydrogen-bond acceptors (Lipinski definition) is 3. The Kier molecular flexibility index (Phi) is 6.23. The van der Waals surface area contributed by atoms with Crippen LogP contribution in [0.3, 0.4) is 0 Å². The van der Waals surface area contributed by atoms with E-state index in [0.29, 0.717) is 12.1 Å². The molecule has 0 fully saturated rings. The second-order valence-electron chi connectivity index (χ2n) is 6.48. The van der Waals surface area contributed by atoms with Gasteiger partial charge in [0, 0.05) is 25.7 Å². The van der Waals surface area contributed by atoms with Crippen LogP contribution in [0.15, 0.2) is 89.8 Å². The fourth-order valence-corrected chi connectivity index (χ4v) is 3.80. The molecule has 0 heterocycles. The van der Waals surface area contributed by atoms with Gasteiger partial charge in [0.2, 0.25) is 10.0 Å². The van der Waals surface area contributed by atoms with Crippen LogP contribution in [0.1, 0.15) is 21.5 Å². The summed E-state index contributed by atoms with van der Waals surface area (Å²) < 4.78 is 27.5. The molecule has 0 aliphatic carbocycles. The van der Waals surface area contributed by atoms with Gasteiger partial charge < -0.3 is 4.90 Å². The molecule has 0 aromatic heterocycles. The fraction of sp³-hybridized carbons (Fsp3) is 0.136. The molecule has 0 unspecified atom stereocenters. The Hall–Kier alpha value is -2.96. The van der Waals surface area contributed by atoms with Gasteiger partial charge in [0.25, 0.3) is 5.91 Å². The van der Waals surface area contributed by atoms with Crippen LogP contribution in [0.5, 0.6) is 0 Å². The predicted molar refractivity (Wildman–Crippen MR) is 109 cm³/mol. The van der Waals surface area contributed by atoms with Crippen molar-refractivity contribution >= 4 is 15.9 Å². The summed E-state index contributed by atoms with van der Waals surface area (Å²) in [7, 11) is -1.92. The maximum absolute atomic E-state index is 12.6. The van der Waals surface area contributed by atoms with Gasteiger partial charge in [-0.25, -0.2) is 13.1 Å². The van der Waals surface area contributed by atoms with Crippen LogP contribution in [-0.2, 0) is 23.1 Å². The third-order valence-corrected chi connectivity index (χ3v) is 5.75. The predicted octanol–water partition coefficient (Wildman–Crippen LogP) is 3.44. The van der Waals surface area contributed by atoms with Crippen molar-refractivity contribution in [2.24, 2.45) is 0 Å². The van der Waals surface area contributed by atoms with Gasteiger partial charge in [0.05, 0.1) is 4.90 Å². The molecule has 144 valence electrons. The minimum Gasteiger partial charge on any atom is -0.337 e. The van der Waals surface area contributed by atoms with Crippen molar-refractivity contribution < 1.29 is 13.2 Å². The average molecular weight is 394 g/mol. The van der Waals surface area contributed by atoms with Crippen LogP contribution >= 0.6 is 0 Å². The maximum Gasteiger partial charge on any atom is 0.253 e. The van der Waals surface area contributed by atoms with E-state index in [4.69, 9.17) is 0 Å². The number of carbonyl (C=O) groups excluding carboxylic acids is 1. The summed E-state index contributed by atoms with van der Waals surface area (Å²) in [6.45, 7) is 0.696. The fourth-order valence-electron chi connectivity index (χ4n) is 2.78. The molecule has 0 spiro atoms. The molecule has 0 aliphatic rings. The topological polar surface area (TPSA) is 66.5 Å². The summed E-state index contributed by atoms with van der Waals surface area (Å²) in [6.07, 6.45) is 0. The molecule has 0 bridgehead atoms. The lowest BCUT2D eigenvalue weighted by Crippen LogP contribution is -2.26. The zero-order valence-electron chi connectivity index (χ0n) is 15.6. The van der Waals surface area contributed by atoms with Crippen molar-refractivity contribution in [1.29, 1.82) is 0 Å². The van der Waals surface area contributed by atoms with Crippen LogP contribution in [0.25, 0.3) is 0 Å². The number of benzene rings is 3. The second kappa shape index (κ2) is 8.82. The van der Waals surface area contributed by atoms with Crippen molar-refractivity contribution in [1.82, 2.24) is 9.62 Å². The van der Waals surface area contributed by atoms with E-state index in [1.807, 2.05) is 60.7 Å². The van der Waals surface area contributed by atoms with Crippen LogP contribution < -0.4 is 4.72 Å². The minimum atomic E-state index is -3.64. The van der Waals surface area contributed by atoms with Crippen LogP contribution in [0.4, 0.5) is 0 Å². The van der Waals surface area contributed by atoms with Crippen molar-refractivity contribution in [3.8, 4) is 0 Å². The van der Waals surface area contributed by atoms with Crippen LogP contribution in [-0.4, -0.2) is 26.3 Å². The SMILES string of the molecule is CN(Cc1ccccc1)C(=O)c1ccc(S(=O)(=O)NCc2ccccc2)cc1. The zero-order valence-corrected chi connectivity index (χ0v) is 16.4. The summed E-state index contributed by atoms with van der Waals surface area (Å²) in [5.41, 5.74) is 2.35. The standard InChI is InChI=1S/C22H22N2O3S/c1-24(17-19-10-6-3-7-11-19)22(25)20-12-14-21(15-13-20)28(26,27)23-16-18-8-4-2-5-9-18/h2-15,23H,16-17H2,1H3. The summed E-state index contributed by atoms with van der Waals surface area (Å²) >= 11 is 0. The van der Waals surface area contributed by atoms with Crippen molar-refractivity contribution in [3.05, 3.63) is 102 Å². The first-order valence-corrected chi connectivity index (χ1v) is 10.4. The molecular weight excluding hydrogens is 372 g/mol. The van der Waals surface area contributed by atoms with Gasteiger partial charge in [0.15, 0.2) is 0 Å². The molecule has 28 heavy (non-hydrogen) atoms. The quantitative estimate of drug-likeness (QED) is 0.668. The maximum atomic E-state index is 12.6. The number of sulfonamides is 1. The van der Waals surface area contributed by atoms with E-state index in [9.17, 15) is 13.2 Å². The average Bonchev–Trinajstić information content (AvgIpc) is 2.73. The molecule has 3 aromatic rings. The van der Waals surface area contributed by atoms with Gasteiger partial charge in [-0.3, -0.25) is 4.79 Å². The number of rotatable bonds is 7. The molecule has 5 nitrogen and oxygen atoms in total. The molecule has 6 heteroatoms. The van der Waals surface area contributed by atoms with Gasteiger partial charge in [-0.2, -0.15) is 0 Å². The lowest BCUT2D eigenvalue weighted by atomic mass is 10.1. The first-order chi connectivity index (χ1) is 13.5. The van der Waals surface area contributed by atoms with E-state index < -0.39 is 10.0 Å². The van der Waals surface area contributed by atoms with E-state index in [1.54, 1.807) is 24.1 Å². The Morgan fingerprint density at radius 2 is 1.36 bits per heavy atom. The Balaban J connectivity index is 1.65. The number of carbonyl (C=O) groups is 1. The smallest absolute Gasteiger partial charge is 0.253 e. The van der Waals surface area contributed by atoms with E-state index in [-0.39, 0.29) is 17.3 Å². The Morgan fingerprint density at radius 3 is 1.93 bits per heavy atom. The number of nitrogens with one attached hydrogen (secondary N) is 1. The number of hydrogen-bond donors (Lipinski definition) is 1. The third-order valence-electron chi connectivity index (χ3n) is 4.33. The summed E-state index contributed by atoms with van der Waals surface area (Å²) in [6, 6.07) is 25.0. The Labute approximate surface area is 165 Å². The van der Waals surface area contributed by atoms with E-state index in [2.05, 4.69) is 4.72 Å². The molecule has 0 radical (unpaired) electrons. The first kappa shape index (κ1) is 19.8. The van der Waals surface area contributed by atoms with E-state index in [1.165, 1.54) is 12.1 Å². The van der Waals surface area contributed by atoms with E-state index in [0.717, 1.165) is 11.1 Å². The second-order valence-corrected chi connectivity index (χ2v) is 8.25. The number of amides is 1. The van der Waals surface area contributed by atoms with Gasteiger partial charge in [-0.05, 0) is 35.4 Å². The monoisotopic (exact) mass is 394 g/mol. The van der Waals surface area contributed by atoms with Gasteiger partial charge in [-0.15, -0.1) is 0 Å². The summed E-state index contributed by atoms with van der Waals surface area (Å²) in [5.74, 6) is -0.162. The first-order valence-electron chi connectivity index (χ1n) is 8.89. The highest BCUT2D eigenvalue weighted by Gasteiger charge is 2.16. The molecule has 3 aromatic carbocycles. The van der Waals surface area contributed by atoms with Crippen LogP contribution in [0.2, 0.25) is 0 Å². The van der Waals surface area contributed by atoms with Gasteiger partial charge >= 0.3 is 0 Å². The molecule has 0 atom stereocenters. The van der Waals surface area contributed by atoms with Crippen molar-refractivity contribution in [3.63, 3.8) is 0 Å². The van der Waals surface area contributed by atoms with E-state index >= 15 is 0 Å². The highest BCUT2D eigenvalue weighted by Crippen LogP contribution is 2.14. The minimum absolute atomic E-state index is 0.130. The van der Waals surface area contributed by atoms with Gasteiger partial charge in [0.1, 0.15) is 0 Å². The van der Waals surface area contributed by atoms with Crippen molar-refractivity contribution in [2.75, 3.05) is 7.05 Å². The van der Waals surface area contributed by atoms with Crippen LogP contribution in [0, 0.1) is 0 Å². The normalized spacial score (nSPS) is 11.2. The lowest BCUT2D eigenvalue weighted by Gasteiger charge is -2.17. The molecule has 1 amide bonds. The highest BCUT2D eigenvalue weighted by atomic mass is 32.2. The Bertz CT molecular complexity index is 1020. The highest BCUT2D eigenvalue weighted by molar-refractivity contribution is 7.89. The van der Waals surface area contributed by atoms with Gasteiger partial charge in [-0.1, -0.05) is 60.7 Å². The lowest BCUT2D eigenvalue weighted by molar-refractivity contribution is 0.0785. The van der Waals surface area contributed by atoms with Crippen molar-refractivity contribution in [2.45, 2.75) is 18.0 Å². The largest absolute Gasteiger partial charge is 0.337 e. The molecule has 0 saturated carbocycles. The Morgan fingerprint density at radius 1 is 0.821 bits per heavy atom. The molecule has 1 N–H and O–H groups in total. The summed E-state index contributed by atoms with van der Waals surface area (Å²) in [5, 5.41) is 0. The zero-order chi connectivity index (χ0) is 20.0. The third kappa shape index (κ3) is 5.06. The molecule has 0 saturated heterocycles. The summed E-state index contributed by atoms with van der Waals surface area (Å²) in [4.78, 5) is 14.3. The number of nitrogens with zero attached hydrogens (tertiary/aromatic N) is 1. The molecular formula is C22H22N2O3S.